The Morgan fingerprint density at radius 1 is 1.00 bits per heavy atom. The second-order valence-electron chi connectivity index (χ2n) is 4.60. The van der Waals surface area contributed by atoms with Gasteiger partial charge in [-0.1, -0.05) is 46.9 Å². The summed E-state index contributed by atoms with van der Waals surface area (Å²) >= 11 is 18.1. The quantitative estimate of drug-likeness (QED) is 0.605. The largest absolute Gasteiger partial charge is 0.478 e. The fraction of sp³-hybridized carbons (Fsp3) is 0. The molecule has 0 atom stereocenters. The molecule has 0 fully saturated rings. The van der Waals surface area contributed by atoms with Crippen LogP contribution in [0.1, 0.15) is 10.4 Å². The highest BCUT2D eigenvalue weighted by atomic mass is 35.5. The number of nitrogens with zero attached hydrogens (tertiary/aromatic N) is 1. The minimum atomic E-state index is -1.06. The van der Waals surface area contributed by atoms with Crippen molar-refractivity contribution in [3.8, 4) is 22.8 Å². The minimum absolute atomic E-state index is 0.0983. The molecule has 0 saturated heterocycles. The highest BCUT2D eigenvalue weighted by molar-refractivity contribution is 6.49. The van der Waals surface area contributed by atoms with Gasteiger partial charge in [0.2, 0.25) is 5.89 Å². The summed E-state index contributed by atoms with van der Waals surface area (Å²) in [4.78, 5) is 15.4. The zero-order valence-electron chi connectivity index (χ0n) is 11.4. The summed E-state index contributed by atoms with van der Waals surface area (Å²) in [5.74, 6) is -0.517. The summed E-state index contributed by atoms with van der Waals surface area (Å²) in [6.07, 6.45) is 1.46. The van der Waals surface area contributed by atoms with Gasteiger partial charge in [-0.2, -0.15) is 0 Å². The molecule has 116 valence electrons. The Hall–Kier alpha value is -2.01. The Bertz CT molecular complexity index is 905. The van der Waals surface area contributed by atoms with Crippen LogP contribution in [0.2, 0.25) is 15.1 Å². The van der Waals surface area contributed by atoms with E-state index in [1.807, 2.05) is 0 Å². The first kappa shape index (κ1) is 15.9. The van der Waals surface area contributed by atoms with Gasteiger partial charge in [-0.15, -0.1) is 0 Å². The summed E-state index contributed by atoms with van der Waals surface area (Å²) in [5.41, 5.74) is 0.996. The van der Waals surface area contributed by atoms with Crippen molar-refractivity contribution in [1.29, 1.82) is 0 Å². The Morgan fingerprint density at radius 2 is 1.74 bits per heavy atom. The summed E-state index contributed by atoms with van der Waals surface area (Å²) in [6, 6.07) is 9.69. The lowest BCUT2D eigenvalue weighted by Gasteiger charge is -2.04. The van der Waals surface area contributed by atoms with Crippen LogP contribution in [-0.2, 0) is 0 Å². The second kappa shape index (κ2) is 6.24. The number of hydrogen-bond acceptors (Lipinski definition) is 3. The van der Waals surface area contributed by atoms with E-state index in [1.165, 1.54) is 12.3 Å². The lowest BCUT2D eigenvalue weighted by Crippen LogP contribution is -1.98. The monoisotopic (exact) mass is 367 g/mol. The topological polar surface area (TPSA) is 63.3 Å². The molecule has 0 saturated carbocycles. The molecule has 0 spiro atoms. The van der Waals surface area contributed by atoms with Crippen molar-refractivity contribution in [3.05, 3.63) is 63.2 Å². The number of hydrogen-bond donors (Lipinski definition) is 1. The Balaban J connectivity index is 2.09. The van der Waals surface area contributed by atoms with Crippen molar-refractivity contribution in [2.75, 3.05) is 0 Å². The van der Waals surface area contributed by atoms with E-state index in [0.29, 0.717) is 21.9 Å². The van der Waals surface area contributed by atoms with Gasteiger partial charge >= 0.3 is 5.97 Å². The average Bonchev–Trinajstić information content (AvgIpc) is 3.02. The van der Waals surface area contributed by atoms with Crippen LogP contribution in [0.15, 0.2) is 47.0 Å². The minimum Gasteiger partial charge on any atom is -0.478 e. The molecule has 7 heteroatoms. The van der Waals surface area contributed by atoms with Crippen LogP contribution >= 0.6 is 34.8 Å². The van der Waals surface area contributed by atoms with Gasteiger partial charge in [0.05, 0.1) is 32.4 Å². The molecule has 0 radical (unpaired) electrons. The molecule has 0 bridgehead atoms. The van der Waals surface area contributed by atoms with E-state index in [4.69, 9.17) is 39.2 Å². The molecule has 0 aliphatic rings. The number of aromatic nitrogens is 1. The number of carbonyl (C=O) groups is 1. The maximum absolute atomic E-state index is 11.3. The number of aromatic carboxylic acids is 1. The van der Waals surface area contributed by atoms with E-state index < -0.39 is 5.97 Å². The van der Waals surface area contributed by atoms with Gasteiger partial charge in [-0.05, 0) is 24.3 Å². The SMILES string of the molecule is O=C(O)c1ccccc1-c1ncc(-c2ccc(Cl)c(Cl)c2Cl)o1. The summed E-state index contributed by atoms with van der Waals surface area (Å²) in [5, 5.41) is 10.0. The lowest BCUT2D eigenvalue weighted by molar-refractivity contribution is 0.0697. The van der Waals surface area contributed by atoms with Crippen molar-refractivity contribution >= 4 is 40.8 Å². The third-order valence-electron chi connectivity index (χ3n) is 3.19. The van der Waals surface area contributed by atoms with Gasteiger partial charge in [-0.25, -0.2) is 9.78 Å². The molecule has 1 aromatic heterocycles. The zero-order valence-corrected chi connectivity index (χ0v) is 13.7. The molecule has 1 N–H and O–H groups in total. The molecule has 3 rings (SSSR count). The standard InChI is InChI=1S/C16H8Cl3NO3/c17-11-6-5-10(13(18)14(11)19)12-7-20-15(23-12)8-3-1-2-4-9(8)16(21)22/h1-7H,(H,21,22). The van der Waals surface area contributed by atoms with E-state index in [-0.39, 0.29) is 21.5 Å². The van der Waals surface area contributed by atoms with E-state index in [1.54, 1.807) is 30.3 Å². The van der Waals surface area contributed by atoms with Gasteiger partial charge in [0.25, 0.3) is 0 Å². The smallest absolute Gasteiger partial charge is 0.336 e. The number of carboxylic acids is 1. The van der Waals surface area contributed by atoms with Crippen molar-refractivity contribution in [2.45, 2.75) is 0 Å². The molecule has 0 unspecified atom stereocenters. The van der Waals surface area contributed by atoms with E-state index in [9.17, 15) is 9.90 Å². The van der Waals surface area contributed by atoms with E-state index >= 15 is 0 Å². The van der Waals surface area contributed by atoms with E-state index in [2.05, 4.69) is 4.98 Å². The average molecular weight is 369 g/mol. The summed E-state index contributed by atoms with van der Waals surface area (Å²) in [7, 11) is 0. The Kier molecular flexibility index (Phi) is 4.31. The van der Waals surface area contributed by atoms with Crippen molar-refractivity contribution in [2.24, 2.45) is 0 Å². The molecule has 4 nitrogen and oxygen atoms in total. The predicted molar refractivity (Wildman–Crippen MR) is 89.4 cm³/mol. The number of rotatable bonds is 3. The summed E-state index contributed by atoms with van der Waals surface area (Å²) < 4.78 is 5.66. The lowest BCUT2D eigenvalue weighted by atomic mass is 10.1. The molecule has 23 heavy (non-hydrogen) atoms. The number of halogens is 3. The molecule has 3 aromatic rings. The van der Waals surface area contributed by atoms with Gasteiger partial charge in [0.15, 0.2) is 5.76 Å². The van der Waals surface area contributed by atoms with Crippen molar-refractivity contribution in [1.82, 2.24) is 4.98 Å². The van der Waals surface area contributed by atoms with Crippen molar-refractivity contribution < 1.29 is 14.3 Å². The molecular weight excluding hydrogens is 361 g/mol. The highest BCUT2D eigenvalue weighted by Crippen LogP contribution is 2.39. The van der Waals surface area contributed by atoms with Crippen LogP contribution in [0.25, 0.3) is 22.8 Å². The van der Waals surface area contributed by atoms with Crippen LogP contribution in [0.3, 0.4) is 0 Å². The van der Waals surface area contributed by atoms with Crippen LogP contribution in [0, 0.1) is 0 Å². The number of carboxylic acid groups (broad SMARTS) is 1. The zero-order chi connectivity index (χ0) is 16.6. The molecular formula is C16H8Cl3NO3. The van der Waals surface area contributed by atoms with Crippen LogP contribution in [0.5, 0.6) is 0 Å². The van der Waals surface area contributed by atoms with Gasteiger partial charge < -0.3 is 9.52 Å². The second-order valence-corrected chi connectivity index (χ2v) is 5.77. The predicted octanol–water partition coefficient (Wildman–Crippen LogP) is 5.67. The third-order valence-corrected chi connectivity index (χ3v) is 4.49. The molecule has 0 aliphatic carbocycles. The van der Waals surface area contributed by atoms with Crippen LogP contribution in [0.4, 0.5) is 0 Å². The Labute approximate surface area is 146 Å². The summed E-state index contributed by atoms with van der Waals surface area (Å²) in [6.45, 7) is 0. The van der Waals surface area contributed by atoms with E-state index in [0.717, 1.165) is 0 Å². The maximum atomic E-state index is 11.3. The normalized spacial score (nSPS) is 10.7. The first-order valence-corrected chi connectivity index (χ1v) is 7.55. The third kappa shape index (κ3) is 2.93. The van der Waals surface area contributed by atoms with Crippen molar-refractivity contribution in [3.63, 3.8) is 0 Å². The fourth-order valence-corrected chi connectivity index (χ4v) is 2.72. The molecule has 1 heterocycles. The van der Waals surface area contributed by atoms with Crippen LogP contribution in [-0.4, -0.2) is 16.1 Å². The first-order chi connectivity index (χ1) is 11.0. The molecule has 0 amide bonds. The maximum Gasteiger partial charge on any atom is 0.336 e. The highest BCUT2D eigenvalue weighted by Gasteiger charge is 2.18. The van der Waals surface area contributed by atoms with Gasteiger partial charge in [-0.3, -0.25) is 0 Å². The van der Waals surface area contributed by atoms with Crippen LogP contribution < -0.4 is 0 Å². The fourth-order valence-electron chi connectivity index (χ4n) is 2.10. The van der Waals surface area contributed by atoms with Gasteiger partial charge in [0, 0.05) is 5.56 Å². The molecule has 2 aromatic carbocycles. The first-order valence-electron chi connectivity index (χ1n) is 6.41. The number of benzene rings is 2. The number of oxazole rings is 1. The Morgan fingerprint density at radius 3 is 2.48 bits per heavy atom. The van der Waals surface area contributed by atoms with Gasteiger partial charge in [0.1, 0.15) is 0 Å². The molecule has 0 aliphatic heterocycles.